The maximum atomic E-state index is 9.76. The summed E-state index contributed by atoms with van der Waals surface area (Å²) in [5.41, 5.74) is 8.86. The van der Waals surface area contributed by atoms with Gasteiger partial charge in [-0.25, -0.2) is 0 Å². The van der Waals surface area contributed by atoms with Crippen molar-refractivity contribution in [2.24, 2.45) is 5.73 Å². The fraction of sp³-hybridized carbons (Fsp3) is 0.158. The normalized spacial score (nSPS) is 15.9. The highest BCUT2D eigenvalue weighted by Crippen LogP contribution is 2.48. The summed E-state index contributed by atoms with van der Waals surface area (Å²) in [6, 6.07) is 13.8. The van der Waals surface area contributed by atoms with Gasteiger partial charge >= 0.3 is 0 Å². The lowest BCUT2D eigenvalue weighted by Gasteiger charge is -2.25. The Morgan fingerprint density at radius 2 is 2.19 bits per heavy atom. The van der Waals surface area contributed by atoms with Gasteiger partial charge < -0.3 is 15.2 Å². The number of hydrogen-bond donors (Lipinski definition) is 2. The largest absolute Gasteiger partial charge is 0.494 e. The Hall–Kier alpha value is -3.24. The molecule has 4 rings (SSSR count). The minimum absolute atomic E-state index is 0.0699. The number of aromatic amines is 1. The number of para-hydroxylation sites is 1. The number of nitriles is 1. The van der Waals surface area contributed by atoms with Gasteiger partial charge in [-0.3, -0.25) is 5.10 Å². The first-order chi connectivity index (χ1) is 12.7. The molecule has 7 heteroatoms. The van der Waals surface area contributed by atoms with Crippen LogP contribution in [0.2, 0.25) is 0 Å². The van der Waals surface area contributed by atoms with E-state index in [4.69, 9.17) is 15.2 Å². The van der Waals surface area contributed by atoms with Crippen molar-refractivity contribution in [3.8, 4) is 28.3 Å². The Balaban J connectivity index is 1.97. The number of fused-ring (bicyclic) bond motifs is 1. The lowest BCUT2D eigenvalue weighted by atomic mass is 9.83. The fourth-order valence-electron chi connectivity index (χ4n) is 3.17. The average Bonchev–Trinajstić information content (AvgIpc) is 3.30. The molecule has 1 atom stereocenters. The van der Waals surface area contributed by atoms with Crippen LogP contribution in [0.4, 0.5) is 0 Å². The fourth-order valence-corrected chi connectivity index (χ4v) is 3.90. The van der Waals surface area contributed by atoms with Crippen LogP contribution in [0.5, 0.6) is 11.6 Å². The van der Waals surface area contributed by atoms with E-state index in [0.29, 0.717) is 23.8 Å². The second-order valence-electron chi connectivity index (χ2n) is 5.69. The van der Waals surface area contributed by atoms with E-state index in [2.05, 4.69) is 16.3 Å². The topological polar surface area (TPSA) is 96.9 Å². The van der Waals surface area contributed by atoms with Gasteiger partial charge in [-0.15, -0.1) is 16.4 Å². The Kier molecular flexibility index (Phi) is 4.11. The highest BCUT2D eigenvalue weighted by Gasteiger charge is 2.37. The van der Waals surface area contributed by atoms with Crippen molar-refractivity contribution in [3.05, 3.63) is 64.4 Å². The summed E-state index contributed by atoms with van der Waals surface area (Å²) in [7, 11) is 0. The van der Waals surface area contributed by atoms with Crippen molar-refractivity contribution in [2.45, 2.75) is 12.8 Å². The van der Waals surface area contributed by atoms with Crippen molar-refractivity contribution in [2.75, 3.05) is 6.61 Å². The molecule has 3 N–H and O–H groups in total. The molecule has 1 aliphatic heterocycles. The van der Waals surface area contributed by atoms with Crippen LogP contribution in [0, 0.1) is 11.3 Å². The molecule has 0 spiro atoms. The molecule has 26 heavy (non-hydrogen) atoms. The molecule has 0 fully saturated rings. The van der Waals surface area contributed by atoms with Crippen molar-refractivity contribution in [1.29, 1.82) is 5.26 Å². The first-order valence-corrected chi connectivity index (χ1v) is 9.04. The average molecular weight is 364 g/mol. The second kappa shape index (κ2) is 6.58. The minimum atomic E-state index is -0.414. The molecule has 0 bridgehead atoms. The Morgan fingerprint density at radius 1 is 1.35 bits per heavy atom. The smallest absolute Gasteiger partial charge is 0.244 e. The molecule has 130 valence electrons. The summed E-state index contributed by atoms with van der Waals surface area (Å²) >= 11 is 1.59. The molecule has 0 saturated carbocycles. The number of rotatable bonds is 4. The molecule has 3 heterocycles. The highest BCUT2D eigenvalue weighted by atomic mass is 32.1. The van der Waals surface area contributed by atoms with E-state index in [1.54, 1.807) is 11.3 Å². The molecular formula is C19H16N4O2S. The molecule has 1 aliphatic rings. The SMILES string of the molecule is CCOc1ccccc1[C@@H]1C(C#N)=C(N)Oc2n[nH]c(-c3cccs3)c21. The number of nitrogens with zero attached hydrogens (tertiary/aromatic N) is 2. The van der Waals surface area contributed by atoms with E-state index in [1.807, 2.05) is 48.7 Å². The third-order valence-electron chi connectivity index (χ3n) is 4.24. The predicted octanol–water partition coefficient (Wildman–Crippen LogP) is 3.76. The highest BCUT2D eigenvalue weighted by molar-refractivity contribution is 7.13. The van der Waals surface area contributed by atoms with Gasteiger partial charge in [0.25, 0.3) is 0 Å². The van der Waals surface area contributed by atoms with Gasteiger partial charge in [0.05, 0.1) is 28.7 Å². The summed E-state index contributed by atoms with van der Waals surface area (Å²) in [5, 5.41) is 19.1. The molecule has 0 aliphatic carbocycles. The molecule has 1 aromatic carbocycles. The maximum Gasteiger partial charge on any atom is 0.244 e. The van der Waals surface area contributed by atoms with E-state index in [0.717, 1.165) is 21.7 Å². The van der Waals surface area contributed by atoms with Crippen LogP contribution in [-0.4, -0.2) is 16.8 Å². The summed E-state index contributed by atoms with van der Waals surface area (Å²) < 4.78 is 11.4. The van der Waals surface area contributed by atoms with E-state index in [1.165, 1.54) is 0 Å². The Labute approximate surface area is 154 Å². The van der Waals surface area contributed by atoms with E-state index in [-0.39, 0.29) is 5.88 Å². The zero-order valence-corrected chi connectivity index (χ0v) is 14.8. The van der Waals surface area contributed by atoms with Crippen molar-refractivity contribution < 1.29 is 9.47 Å². The Morgan fingerprint density at radius 3 is 2.92 bits per heavy atom. The van der Waals surface area contributed by atoms with Gasteiger partial charge in [-0.2, -0.15) is 5.26 Å². The van der Waals surface area contributed by atoms with Gasteiger partial charge in [0, 0.05) is 5.56 Å². The van der Waals surface area contributed by atoms with Crippen LogP contribution in [0.3, 0.4) is 0 Å². The van der Waals surface area contributed by atoms with Crippen LogP contribution >= 0.6 is 11.3 Å². The van der Waals surface area contributed by atoms with Crippen molar-refractivity contribution in [1.82, 2.24) is 10.2 Å². The van der Waals surface area contributed by atoms with Crippen LogP contribution in [0.1, 0.15) is 24.0 Å². The van der Waals surface area contributed by atoms with E-state index in [9.17, 15) is 5.26 Å². The summed E-state index contributed by atoms with van der Waals surface area (Å²) in [4.78, 5) is 1.01. The van der Waals surface area contributed by atoms with Crippen LogP contribution in [0.25, 0.3) is 10.6 Å². The number of aromatic nitrogens is 2. The lowest BCUT2D eigenvalue weighted by molar-refractivity contribution is 0.334. The molecule has 3 aromatic rings. The standard InChI is InChI=1S/C19H16N4O2S/c1-2-24-13-7-4-3-6-11(13)15-12(10-20)18(21)25-19-16(15)17(22-23-19)14-8-5-9-26-14/h3-9,15H,2,21H2,1H3,(H,22,23)/t15-/m1/s1. The number of H-pyrrole nitrogens is 1. The quantitative estimate of drug-likeness (QED) is 0.735. The van der Waals surface area contributed by atoms with Crippen LogP contribution in [0.15, 0.2) is 53.2 Å². The van der Waals surface area contributed by atoms with Crippen molar-refractivity contribution >= 4 is 11.3 Å². The van der Waals surface area contributed by atoms with Crippen molar-refractivity contribution in [3.63, 3.8) is 0 Å². The third-order valence-corrected chi connectivity index (χ3v) is 5.12. The summed E-state index contributed by atoms with van der Waals surface area (Å²) in [5.74, 6) is 0.760. The number of nitrogens with two attached hydrogens (primary N) is 1. The molecule has 0 radical (unpaired) electrons. The van der Waals surface area contributed by atoms with Crippen LogP contribution < -0.4 is 15.2 Å². The zero-order chi connectivity index (χ0) is 18.1. The molecule has 6 nitrogen and oxygen atoms in total. The summed E-state index contributed by atoms with van der Waals surface area (Å²) in [6.07, 6.45) is 0. The molecule has 0 saturated heterocycles. The Bertz CT molecular complexity index is 1010. The van der Waals surface area contributed by atoms with Gasteiger partial charge in [-0.05, 0) is 24.4 Å². The zero-order valence-electron chi connectivity index (χ0n) is 14.0. The first kappa shape index (κ1) is 16.2. The van der Waals surface area contributed by atoms with Gasteiger partial charge in [-0.1, -0.05) is 24.3 Å². The van der Waals surface area contributed by atoms with Crippen LogP contribution in [-0.2, 0) is 0 Å². The number of ether oxygens (including phenoxy) is 2. The molecule has 0 amide bonds. The van der Waals surface area contributed by atoms with Gasteiger partial charge in [0.1, 0.15) is 17.4 Å². The van der Waals surface area contributed by atoms with E-state index < -0.39 is 5.92 Å². The molecular weight excluding hydrogens is 348 g/mol. The lowest BCUT2D eigenvalue weighted by Crippen LogP contribution is -2.21. The first-order valence-electron chi connectivity index (χ1n) is 8.16. The predicted molar refractivity (Wildman–Crippen MR) is 98.8 cm³/mol. The molecule has 2 aromatic heterocycles. The van der Waals surface area contributed by atoms with E-state index >= 15 is 0 Å². The number of thiophene rings is 1. The monoisotopic (exact) mass is 364 g/mol. The number of benzene rings is 1. The second-order valence-corrected chi connectivity index (χ2v) is 6.64. The third kappa shape index (κ3) is 2.52. The molecule has 0 unspecified atom stereocenters. The summed E-state index contributed by atoms with van der Waals surface area (Å²) in [6.45, 7) is 2.45. The van der Waals surface area contributed by atoms with Gasteiger partial charge in [0.2, 0.25) is 11.8 Å². The number of allylic oxidation sites excluding steroid dienone is 1. The number of hydrogen-bond acceptors (Lipinski definition) is 6. The van der Waals surface area contributed by atoms with Gasteiger partial charge in [0.15, 0.2) is 0 Å². The number of nitrogens with one attached hydrogen (secondary N) is 1. The minimum Gasteiger partial charge on any atom is -0.494 e. The maximum absolute atomic E-state index is 9.76.